The standard InChI is InChI=1S/C18H36N2O/c1-18(2,3)15-6-7-17(21)14(12-15)13-20-10-8-16(9-11-20)19(4)5/h14-17,21H,6-13H2,1-5H3. The van der Waals surface area contributed by atoms with Crippen molar-refractivity contribution in [1.29, 1.82) is 0 Å². The second-order valence-corrected chi connectivity index (χ2v) is 8.70. The number of piperidine rings is 1. The quantitative estimate of drug-likeness (QED) is 0.867. The van der Waals surface area contributed by atoms with E-state index < -0.39 is 0 Å². The molecule has 1 N–H and O–H groups in total. The van der Waals surface area contributed by atoms with Gasteiger partial charge in [0.05, 0.1) is 6.10 Å². The third-order valence-corrected chi connectivity index (χ3v) is 5.95. The second-order valence-electron chi connectivity index (χ2n) is 8.70. The van der Waals surface area contributed by atoms with Crippen LogP contribution in [0.4, 0.5) is 0 Å². The number of rotatable bonds is 3. The fourth-order valence-corrected chi connectivity index (χ4v) is 4.18. The lowest BCUT2D eigenvalue weighted by Gasteiger charge is -2.43. The molecule has 1 aliphatic heterocycles. The van der Waals surface area contributed by atoms with E-state index in [0.717, 1.165) is 24.9 Å². The van der Waals surface area contributed by atoms with Crippen molar-refractivity contribution in [3.8, 4) is 0 Å². The van der Waals surface area contributed by atoms with Crippen molar-refractivity contribution >= 4 is 0 Å². The molecule has 1 heterocycles. The van der Waals surface area contributed by atoms with Crippen molar-refractivity contribution in [1.82, 2.24) is 9.80 Å². The van der Waals surface area contributed by atoms with Gasteiger partial charge in [-0.05, 0) is 76.5 Å². The lowest BCUT2D eigenvalue weighted by molar-refractivity contribution is -0.00236. The number of hydrogen-bond acceptors (Lipinski definition) is 3. The van der Waals surface area contributed by atoms with Crippen molar-refractivity contribution < 1.29 is 5.11 Å². The van der Waals surface area contributed by atoms with Crippen LogP contribution in [0.15, 0.2) is 0 Å². The molecular formula is C18H36N2O. The Morgan fingerprint density at radius 2 is 1.67 bits per heavy atom. The third-order valence-electron chi connectivity index (χ3n) is 5.95. The summed E-state index contributed by atoms with van der Waals surface area (Å²) in [5.74, 6) is 1.25. The molecule has 0 radical (unpaired) electrons. The summed E-state index contributed by atoms with van der Waals surface area (Å²) in [4.78, 5) is 4.96. The zero-order valence-electron chi connectivity index (χ0n) is 14.8. The summed E-state index contributed by atoms with van der Waals surface area (Å²) < 4.78 is 0. The van der Waals surface area contributed by atoms with E-state index in [2.05, 4.69) is 44.7 Å². The van der Waals surface area contributed by atoms with Crippen LogP contribution in [0.3, 0.4) is 0 Å². The zero-order chi connectivity index (χ0) is 15.6. The Hall–Kier alpha value is -0.120. The number of nitrogens with zero attached hydrogens (tertiary/aromatic N) is 2. The Morgan fingerprint density at radius 3 is 2.19 bits per heavy atom. The second kappa shape index (κ2) is 6.97. The van der Waals surface area contributed by atoms with Crippen molar-refractivity contribution in [3.63, 3.8) is 0 Å². The molecule has 1 saturated heterocycles. The SMILES string of the molecule is CN(C)C1CCN(CC2CC(C(C)(C)C)CCC2O)CC1. The van der Waals surface area contributed by atoms with E-state index in [0.29, 0.717) is 11.3 Å². The predicted octanol–water partition coefficient (Wildman–Crippen LogP) is 2.84. The molecule has 3 nitrogen and oxygen atoms in total. The maximum Gasteiger partial charge on any atom is 0.0580 e. The van der Waals surface area contributed by atoms with Crippen molar-refractivity contribution in [2.75, 3.05) is 33.7 Å². The molecule has 0 aromatic carbocycles. The third kappa shape index (κ3) is 4.67. The van der Waals surface area contributed by atoms with Crippen LogP contribution < -0.4 is 0 Å². The molecule has 124 valence electrons. The highest BCUT2D eigenvalue weighted by Crippen LogP contribution is 2.40. The van der Waals surface area contributed by atoms with E-state index in [-0.39, 0.29) is 6.10 Å². The van der Waals surface area contributed by atoms with Gasteiger partial charge in [-0.3, -0.25) is 0 Å². The normalized spacial score (nSPS) is 33.6. The number of aliphatic hydroxyl groups is 1. The highest BCUT2D eigenvalue weighted by molar-refractivity contribution is 4.88. The first-order valence-corrected chi connectivity index (χ1v) is 8.84. The van der Waals surface area contributed by atoms with Crippen molar-refractivity contribution in [2.24, 2.45) is 17.3 Å². The Labute approximate surface area is 131 Å². The van der Waals surface area contributed by atoms with E-state index in [1.165, 1.54) is 38.8 Å². The lowest BCUT2D eigenvalue weighted by Crippen LogP contribution is -2.46. The first-order valence-electron chi connectivity index (χ1n) is 8.84. The van der Waals surface area contributed by atoms with E-state index in [1.54, 1.807) is 0 Å². The zero-order valence-corrected chi connectivity index (χ0v) is 14.8. The average molecular weight is 296 g/mol. The Bertz CT molecular complexity index is 316. The highest BCUT2D eigenvalue weighted by atomic mass is 16.3. The van der Waals surface area contributed by atoms with E-state index in [4.69, 9.17) is 0 Å². The monoisotopic (exact) mass is 296 g/mol. The largest absolute Gasteiger partial charge is 0.393 e. The molecule has 2 aliphatic rings. The summed E-state index contributed by atoms with van der Waals surface area (Å²) >= 11 is 0. The predicted molar refractivity (Wildman–Crippen MR) is 89.4 cm³/mol. The molecule has 0 bridgehead atoms. The molecule has 2 rings (SSSR count). The summed E-state index contributed by atoms with van der Waals surface area (Å²) in [6, 6.07) is 0.750. The fraction of sp³-hybridized carbons (Fsp3) is 1.00. The summed E-state index contributed by atoms with van der Waals surface area (Å²) in [5.41, 5.74) is 0.385. The summed E-state index contributed by atoms with van der Waals surface area (Å²) in [7, 11) is 4.39. The van der Waals surface area contributed by atoms with Crippen molar-refractivity contribution in [3.05, 3.63) is 0 Å². The lowest BCUT2D eigenvalue weighted by atomic mass is 9.68. The van der Waals surface area contributed by atoms with Crippen LogP contribution in [0, 0.1) is 17.3 Å². The molecular weight excluding hydrogens is 260 g/mol. The van der Waals surface area contributed by atoms with Crippen LogP contribution in [-0.4, -0.2) is 60.8 Å². The molecule has 0 spiro atoms. The molecule has 3 unspecified atom stereocenters. The minimum atomic E-state index is -0.0739. The van der Waals surface area contributed by atoms with Gasteiger partial charge in [-0.15, -0.1) is 0 Å². The van der Waals surface area contributed by atoms with Gasteiger partial charge in [0.15, 0.2) is 0 Å². The first-order chi connectivity index (χ1) is 9.77. The Balaban J connectivity index is 1.84. The van der Waals surface area contributed by atoms with Gasteiger partial charge in [0, 0.05) is 12.6 Å². The van der Waals surface area contributed by atoms with Gasteiger partial charge in [-0.2, -0.15) is 0 Å². The molecule has 21 heavy (non-hydrogen) atoms. The molecule has 1 saturated carbocycles. The van der Waals surface area contributed by atoms with Gasteiger partial charge < -0.3 is 14.9 Å². The molecule has 3 atom stereocenters. The topological polar surface area (TPSA) is 26.7 Å². The molecule has 0 aromatic rings. The maximum atomic E-state index is 10.4. The molecule has 0 aromatic heterocycles. The van der Waals surface area contributed by atoms with Crippen LogP contribution in [0.5, 0.6) is 0 Å². The van der Waals surface area contributed by atoms with E-state index in [1.807, 2.05) is 0 Å². The molecule has 0 amide bonds. The average Bonchev–Trinajstić information content (AvgIpc) is 2.40. The summed E-state index contributed by atoms with van der Waals surface area (Å²) in [6.07, 6.45) is 5.88. The molecule has 2 fully saturated rings. The molecule has 3 heteroatoms. The number of aliphatic hydroxyl groups excluding tert-OH is 1. The van der Waals surface area contributed by atoms with E-state index in [9.17, 15) is 5.11 Å². The minimum Gasteiger partial charge on any atom is -0.393 e. The Kier molecular flexibility index (Phi) is 5.72. The van der Waals surface area contributed by atoms with Gasteiger partial charge in [-0.1, -0.05) is 20.8 Å². The Morgan fingerprint density at radius 1 is 1.05 bits per heavy atom. The van der Waals surface area contributed by atoms with E-state index >= 15 is 0 Å². The van der Waals surface area contributed by atoms with Crippen LogP contribution in [0.25, 0.3) is 0 Å². The number of hydrogen-bond donors (Lipinski definition) is 1. The number of likely N-dealkylation sites (tertiary alicyclic amines) is 1. The maximum absolute atomic E-state index is 10.4. The van der Waals surface area contributed by atoms with Crippen LogP contribution in [0.2, 0.25) is 0 Å². The van der Waals surface area contributed by atoms with Gasteiger partial charge in [-0.25, -0.2) is 0 Å². The van der Waals surface area contributed by atoms with Gasteiger partial charge in [0.25, 0.3) is 0 Å². The van der Waals surface area contributed by atoms with Crippen molar-refractivity contribution in [2.45, 2.75) is 65.0 Å². The van der Waals surface area contributed by atoms with Crippen LogP contribution >= 0.6 is 0 Å². The molecule has 1 aliphatic carbocycles. The van der Waals surface area contributed by atoms with Gasteiger partial charge in [0.1, 0.15) is 0 Å². The van der Waals surface area contributed by atoms with Crippen LogP contribution in [0.1, 0.15) is 52.9 Å². The summed E-state index contributed by atoms with van der Waals surface area (Å²) in [5, 5.41) is 10.4. The van der Waals surface area contributed by atoms with Gasteiger partial charge in [0.2, 0.25) is 0 Å². The first kappa shape index (κ1) is 17.2. The van der Waals surface area contributed by atoms with Crippen LogP contribution in [-0.2, 0) is 0 Å². The highest BCUT2D eigenvalue weighted by Gasteiger charge is 2.36. The minimum absolute atomic E-state index is 0.0739. The fourth-order valence-electron chi connectivity index (χ4n) is 4.18. The summed E-state index contributed by atoms with van der Waals surface area (Å²) in [6.45, 7) is 10.6. The van der Waals surface area contributed by atoms with Gasteiger partial charge >= 0.3 is 0 Å². The smallest absolute Gasteiger partial charge is 0.0580 e.